The van der Waals surface area contributed by atoms with Gasteiger partial charge in [0.1, 0.15) is 14.2 Å². The maximum atomic E-state index is 13.5. The Labute approximate surface area is 238 Å². The van der Waals surface area contributed by atoms with E-state index >= 15 is 0 Å². The van der Waals surface area contributed by atoms with E-state index in [1.54, 1.807) is 34.4 Å². The van der Waals surface area contributed by atoms with Crippen LogP contribution in [0.4, 0.5) is 5.69 Å². The fraction of sp³-hybridized carbons (Fsp3) is 0.231. The SMILES string of the molecule is CCc1ccc2c(c1)SC(=c1s/c(=C\c3scc[n+]3Cc3c(Cl)cccc3Cl)n(CC)c1=O)N2C.[Cl-]. The minimum absolute atomic E-state index is 0. The first-order chi connectivity index (χ1) is 16.9. The Morgan fingerprint density at radius 1 is 1.11 bits per heavy atom. The summed E-state index contributed by atoms with van der Waals surface area (Å²) >= 11 is 17.7. The van der Waals surface area contributed by atoms with Gasteiger partial charge in [-0.05, 0) is 43.2 Å². The fourth-order valence-electron chi connectivity index (χ4n) is 4.11. The number of thiazole rings is 2. The van der Waals surface area contributed by atoms with Crippen LogP contribution in [0.1, 0.15) is 30.0 Å². The summed E-state index contributed by atoms with van der Waals surface area (Å²) in [6, 6.07) is 12.1. The van der Waals surface area contributed by atoms with Crippen LogP contribution in [0.5, 0.6) is 0 Å². The van der Waals surface area contributed by atoms with Gasteiger partial charge in [0.25, 0.3) is 10.6 Å². The summed E-state index contributed by atoms with van der Waals surface area (Å²) in [7, 11) is 2.04. The minimum atomic E-state index is 0. The summed E-state index contributed by atoms with van der Waals surface area (Å²) < 4.78 is 5.68. The minimum Gasteiger partial charge on any atom is -1.00 e. The molecule has 0 saturated carbocycles. The van der Waals surface area contributed by atoms with Crippen LogP contribution >= 0.6 is 57.6 Å². The van der Waals surface area contributed by atoms with Gasteiger partial charge in [0.05, 0.1) is 32.8 Å². The number of nitrogens with zero attached hydrogens (tertiary/aromatic N) is 3. The molecule has 4 nitrogen and oxygen atoms in total. The summed E-state index contributed by atoms with van der Waals surface area (Å²) in [5.41, 5.74) is 3.39. The molecule has 4 aromatic rings. The molecule has 3 heterocycles. The van der Waals surface area contributed by atoms with Crippen molar-refractivity contribution in [2.45, 2.75) is 38.3 Å². The zero-order valence-electron chi connectivity index (χ0n) is 19.9. The number of rotatable bonds is 5. The summed E-state index contributed by atoms with van der Waals surface area (Å²) in [5, 5.41) is 5.36. The molecule has 0 fully saturated rings. The quantitative estimate of drug-likeness (QED) is 0.332. The second-order valence-corrected chi connectivity index (χ2v) is 12.0. The van der Waals surface area contributed by atoms with Gasteiger partial charge >= 0.3 is 0 Å². The van der Waals surface area contributed by atoms with Gasteiger partial charge in [-0.3, -0.25) is 9.36 Å². The van der Waals surface area contributed by atoms with Gasteiger partial charge in [0.15, 0.2) is 12.7 Å². The number of hydrogen-bond donors (Lipinski definition) is 0. The fourth-order valence-corrected chi connectivity index (χ4v) is 8.00. The Hall–Kier alpha value is -1.74. The lowest BCUT2D eigenvalue weighted by atomic mass is 10.1. The van der Waals surface area contributed by atoms with Crippen molar-refractivity contribution in [1.29, 1.82) is 0 Å². The molecule has 1 aliphatic heterocycles. The van der Waals surface area contributed by atoms with Crippen molar-refractivity contribution in [2.24, 2.45) is 0 Å². The first kappa shape index (κ1) is 27.3. The number of thioether (sulfide) groups is 1. The normalized spacial score (nSPS) is 14.8. The molecule has 0 saturated heterocycles. The Balaban J connectivity index is 0.00000304. The number of hydrogen-bond acceptors (Lipinski definition) is 5. The topological polar surface area (TPSA) is 29.1 Å². The van der Waals surface area contributed by atoms with E-state index in [1.165, 1.54) is 10.5 Å². The molecule has 5 rings (SSSR count). The van der Waals surface area contributed by atoms with E-state index in [2.05, 4.69) is 40.7 Å². The predicted molar refractivity (Wildman–Crippen MR) is 151 cm³/mol. The first-order valence-electron chi connectivity index (χ1n) is 11.3. The lowest BCUT2D eigenvalue weighted by Crippen LogP contribution is -3.00. The smallest absolute Gasteiger partial charge is 0.271 e. The summed E-state index contributed by atoms with van der Waals surface area (Å²) in [5.74, 6) is 0. The number of benzene rings is 2. The Morgan fingerprint density at radius 2 is 1.86 bits per heavy atom. The van der Waals surface area contributed by atoms with Crippen LogP contribution in [0.25, 0.3) is 11.1 Å². The van der Waals surface area contributed by atoms with E-state index in [-0.39, 0.29) is 18.0 Å². The molecule has 0 radical (unpaired) electrons. The molecule has 1 aliphatic rings. The molecule has 0 amide bonds. The largest absolute Gasteiger partial charge is 1.00 e. The third kappa shape index (κ3) is 5.02. The lowest BCUT2D eigenvalue weighted by Gasteiger charge is -2.12. The number of anilines is 1. The maximum Gasteiger partial charge on any atom is 0.271 e. The van der Waals surface area contributed by atoms with Crippen molar-refractivity contribution in [3.63, 3.8) is 0 Å². The van der Waals surface area contributed by atoms with Crippen LogP contribution in [0.2, 0.25) is 10.0 Å². The van der Waals surface area contributed by atoms with Crippen molar-refractivity contribution in [2.75, 3.05) is 11.9 Å². The highest BCUT2D eigenvalue weighted by atomic mass is 35.5. The summed E-state index contributed by atoms with van der Waals surface area (Å²) in [6.07, 6.45) is 5.11. The zero-order valence-corrected chi connectivity index (χ0v) is 24.6. The predicted octanol–water partition coefficient (Wildman–Crippen LogP) is 2.34. The molecular formula is C26H24Cl3N3OS3. The molecule has 10 heteroatoms. The Bertz CT molecular complexity index is 1590. The van der Waals surface area contributed by atoms with Crippen molar-refractivity contribution in [3.05, 3.63) is 93.7 Å². The van der Waals surface area contributed by atoms with Gasteiger partial charge in [-0.25, -0.2) is 0 Å². The molecule has 2 aromatic carbocycles. The van der Waals surface area contributed by atoms with Crippen molar-refractivity contribution < 1.29 is 17.0 Å². The van der Waals surface area contributed by atoms with E-state index < -0.39 is 0 Å². The number of halogens is 3. The molecular weight excluding hydrogens is 573 g/mol. The molecule has 0 N–H and O–H groups in total. The summed E-state index contributed by atoms with van der Waals surface area (Å²) in [4.78, 5) is 16.8. The third-order valence-corrected chi connectivity index (χ3v) is 10.1. The number of aromatic nitrogens is 2. The highest BCUT2D eigenvalue weighted by molar-refractivity contribution is 8.08. The summed E-state index contributed by atoms with van der Waals surface area (Å²) in [6.45, 7) is 5.35. The average Bonchev–Trinajstić information content (AvgIpc) is 3.52. The lowest BCUT2D eigenvalue weighted by molar-refractivity contribution is -0.685. The van der Waals surface area contributed by atoms with E-state index in [0.717, 1.165) is 36.9 Å². The molecule has 0 spiro atoms. The number of aryl methyl sites for hydroxylation is 1. The van der Waals surface area contributed by atoms with E-state index in [4.69, 9.17) is 23.2 Å². The van der Waals surface area contributed by atoms with E-state index in [1.807, 2.05) is 48.3 Å². The molecule has 0 atom stereocenters. The maximum absolute atomic E-state index is 13.5. The second-order valence-electron chi connectivity index (χ2n) is 8.15. The van der Waals surface area contributed by atoms with Crippen molar-refractivity contribution in [1.82, 2.24) is 4.57 Å². The van der Waals surface area contributed by atoms with Crippen LogP contribution in [0.3, 0.4) is 0 Å². The van der Waals surface area contributed by atoms with Gasteiger partial charge in [-0.1, -0.05) is 65.4 Å². The molecule has 0 aliphatic carbocycles. The van der Waals surface area contributed by atoms with Crippen molar-refractivity contribution in [3.8, 4) is 0 Å². The van der Waals surface area contributed by atoms with Gasteiger partial charge in [-0.15, -0.1) is 11.3 Å². The Kier molecular flexibility index (Phi) is 8.60. The standard InChI is InChI=1S/C26H24Cl2N3OS3.ClH/c1-4-16-9-10-20-21(13-16)34-26(29(20)3)24-25(32)31(5-2)23(35-24)14-22-30(11-12-33-22)15-17-18(27)7-6-8-19(17)28;/h6-14H,4-5,15H2,1-3H3;1H/q+1;/p-1. The molecule has 36 heavy (non-hydrogen) atoms. The highest BCUT2D eigenvalue weighted by Gasteiger charge is 2.25. The zero-order chi connectivity index (χ0) is 24.7. The van der Waals surface area contributed by atoms with Crippen LogP contribution < -0.4 is 36.6 Å². The van der Waals surface area contributed by atoms with Crippen molar-refractivity contribution >= 4 is 74.4 Å². The first-order valence-corrected chi connectivity index (χ1v) is 14.6. The average molecular weight is 597 g/mol. The molecule has 2 aromatic heterocycles. The van der Waals surface area contributed by atoms with Crippen LogP contribution in [0, 0.1) is 0 Å². The Morgan fingerprint density at radius 3 is 2.56 bits per heavy atom. The molecule has 0 unspecified atom stereocenters. The molecule has 188 valence electrons. The molecule has 0 bridgehead atoms. The van der Waals surface area contributed by atoms with Gasteiger partial charge in [0, 0.05) is 18.5 Å². The van der Waals surface area contributed by atoms with Crippen LogP contribution in [-0.2, 0) is 19.5 Å². The van der Waals surface area contributed by atoms with Crippen LogP contribution in [0.15, 0.2) is 57.7 Å². The van der Waals surface area contributed by atoms with E-state index in [0.29, 0.717) is 23.1 Å². The third-order valence-electron chi connectivity index (χ3n) is 6.08. The number of fused-ring (bicyclic) bond motifs is 1. The van der Waals surface area contributed by atoms with Gasteiger partial charge in [-0.2, -0.15) is 4.57 Å². The second kappa shape index (κ2) is 11.3. The van der Waals surface area contributed by atoms with Gasteiger partial charge < -0.3 is 17.3 Å². The highest BCUT2D eigenvalue weighted by Crippen LogP contribution is 2.45. The van der Waals surface area contributed by atoms with Crippen LogP contribution in [-0.4, -0.2) is 11.6 Å². The monoisotopic (exact) mass is 595 g/mol. The van der Waals surface area contributed by atoms with E-state index in [9.17, 15) is 4.79 Å². The van der Waals surface area contributed by atoms with Gasteiger partial charge in [0.2, 0.25) is 0 Å².